The highest BCUT2D eigenvalue weighted by atomic mass is 32.2. The zero-order chi connectivity index (χ0) is 22.1. The van der Waals surface area contributed by atoms with Gasteiger partial charge in [0.25, 0.3) is 10.1 Å². The second-order valence-corrected chi connectivity index (χ2v) is 9.79. The molecule has 1 atom stereocenters. The standard InChI is InChI=1S/C19H26N2O8S/c1-19(2,3)29-17(22)20-7-8-26-16-6-5-14(9-13(16)10-20)21-11-15(28-18(21)23)12-27-30(4,24)25/h5-6,9,15H,7-8,10-12H2,1-4H3. The van der Waals surface area contributed by atoms with E-state index in [4.69, 9.17) is 18.4 Å². The zero-order valence-corrected chi connectivity index (χ0v) is 18.2. The molecule has 0 aliphatic carbocycles. The van der Waals surface area contributed by atoms with Gasteiger partial charge in [0.15, 0.2) is 0 Å². The lowest BCUT2D eigenvalue weighted by Crippen LogP contribution is -2.37. The van der Waals surface area contributed by atoms with Crippen LogP contribution in [-0.4, -0.2) is 69.8 Å². The number of anilines is 1. The fourth-order valence-corrected chi connectivity index (χ4v) is 3.45. The third kappa shape index (κ3) is 5.76. The Morgan fingerprint density at radius 1 is 1.30 bits per heavy atom. The van der Waals surface area contributed by atoms with E-state index in [0.717, 1.165) is 11.8 Å². The number of carbonyl (C=O) groups excluding carboxylic acids is 2. The smallest absolute Gasteiger partial charge is 0.414 e. The van der Waals surface area contributed by atoms with Gasteiger partial charge in [0.05, 0.1) is 25.9 Å². The van der Waals surface area contributed by atoms with Gasteiger partial charge >= 0.3 is 12.2 Å². The summed E-state index contributed by atoms with van der Waals surface area (Å²) < 4.78 is 43.4. The van der Waals surface area contributed by atoms with E-state index in [0.29, 0.717) is 24.6 Å². The van der Waals surface area contributed by atoms with Gasteiger partial charge in [0, 0.05) is 11.3 Å². The molecule has 3 rings (SSSR count). The molecular formula is C19H26N2O8S. The summed E-state index contributed by atoms with van der Waals surface area (Å²) in [5.74, 6) is 0.620. The molecule has 2 aliphatic heterocycles. The zero-order valence-electron chi connectivity index (χ0n) is 17.4. The first-order chi connectivity index (χ1) is 13.9. The molecule has 30 heavy (non-hydrogen) atoms. The van der Waals surface area contributed by atoms with Crippen molar-refractivity contribution in [1.82, 2.24) is 4.90 Å². The van der Waals surface area contributed by atoms with Crippen LogP contribution >= 0.6 is 0 Å². The first kappa shape index (κ1) is 22.2. The van der Waals surface area contributed by atoms with E-state index in [1.165, 1.54) is 4.90 Å². The van der Waals surface area contributed by atoms with Gasteiger partial charge in [0.2, 0.25) is 0 Å². The molecule has 11 heteroatoms. The van der Waals surface area contributed by atoms with E-state index < -0.39 is 34.0 Å². The van der Waals surface area contributed by atoms with Crippen molar-refractivity contribution in [3.63, 3.8) is 0 Å². The maximum Gasteiger partial charge on any atom is 0.414 e. The van der Waals surface area contributed by atoms with Crippen molar-refractivity contribution in [3.8, 4) is 5.75 Å². The van der Waals surface area contributed by atoms with E-state index in [9.17, 15) is 18.0 Å². The average molecular weight is 442 g/mol. The van der Waals surface area contributed by atoms with E-state index >= 15 is 0 Å². The Bertz CT molecular complexity index is 925. The van der Waals surface area contributed by atoms with Gasteiger partial charge in [0.1, 0.15) is 30.7 Å². The number of rotatable bonds is 4. The average Bonchev–Trinajstić information content (AvgIpc) is 2.85. The predicted molar refractivity (Wildman–Crippen MR) is 107 cm³/mol. The molecule has 0 N–H and O–H groups in total. The van der Waals surface area contributed by atoms with Crippen LogP contribution < -0.4 is 9.64 Å². The third-order valence-corrected chi connectivity index (χ3v) is 4.89. The van der Waals surface area contributed by atoms with Gasteiger partial charge in [-0.25, -0.2) is 9.59 Å². The molecule has 10 nitrogen and oxygen atoms in total. The normalized spacial score (nSPS) is 19.6. The number of cyclic esters (lactones) is 1. The SMILES string of the molecule is CC(C)(C)OC(=O)N1CCOc2ccc(N3CC(COS(C)(=O)=O)OC3=O)cc2C1. The molecule has 1 saturated heterocycles. The van der Waals surface area contributed by atoms with Gasteiger partial charge < -0.3 is 19.1 Å². The molecule has 2 amide bonds. The molecule has 2 heterocycles. The van der Waals surface area contributed by atoms with Gasteiger partial charge in [-0.1, -0.05) is 0 Å². The number of hydrogen-bond donors (Lipinski definition) is 0. The third-order valence-electron chi connectivity index (χ3n) is 4.33. The van der Waals surface area contributed by atoms with E-state index in [1.807, 2.05) is 0 Å². The number of fused-ring (bicyclic) bond motifs is 1. The lowest BCUT2D eigenvalue weighted by atomic mass is 10.1. The quantitative estimate of drug-likeness (QED) is 0.652. The van der Waals surface area contributed by atoms with Crippen molar-refractivity contribution >= 4 is 28.0 Å². The highest BCUT2D eigenvalue weighted by molar-refractivity contribution is 7.85. The molecule has 1 unspecified atom stereocenters. The summed E-state index contributed by atoms with van der Waals surface area (Å²) >= 11 is 0. The molecule has 166 valence electrons. The molecule has 0 aromatic heterocycles. The topological polar surface area (TPSA) is 112 Å². The van der Waals surface area contributed by atoms with Crippen LogP contribution in [0, 0.1) is 0 Å². The molecule has 1 fully saturated rings. The Morgan fingerprint density at radius 2 is 2.03 bits per heavy atom. The minimum atomic E-state index is -3.63. The van der Waals surface area contributed by atoms with Gasteiger partial charge in [-0.3, -0.25) is 9.08 Å². The van der Waals surface area contributed by atoms with Crippen molar-refractivity contribution in [3.05, 3.63) is 23.8 Å². The first-order valence-electron chi connectivity index (χ1n) is 9.47. The van der Waals surface area contributed by atoms with Crippen molar-refractivity contribution in [1.29, 1.82) is 0 Å². The van der Waals surface area contributed by atoms with Crippen LogP contribution in [0.5, 0.6) is 5.75 Å². The Morgan fingerprint density at radius 3 is 2.70 bits per heavy atom. The predicted octanol–water partition coefficient (Wildman–Crippen LogP) is 2.12. The van der Waals surface area contributed by atoms with E-state index in [1.54, 1.807) is 43.9 Å². The fourth-order valence-electron chi connectivity index (χ4n) is 3.05. The van der Waals surface area contributed by atoms with Crippen LogP contribution in [0.4, 0.5) is 15.3 Å². The van der Waals surface area contributed by atoms with Crippen molar-refractivity contribution in [2.45, 2.75) is 39.0 Å². The summed E-state index contributed by atoms with van der Waals surface area (Å²) in [6.45, 7) is 6.25. The number of carbonyl (C=O) groups is 2. The van der Waals surface area contributed by atoms with Crippen molar-refractivity contribution in [2.24, 2.45) is 0 Å². The maximum absolute atomic E-state index is 12.5. The van der Waals surface area contributed by atoms with Crippen LogP contribution in [0.25, 0.3) is 0 Å². The molecule has 0 spiro atoms. The van der Waals surface area contributed by atoms with Crippen LogP contribution in [0.3, 0.4) is 0 Å². The minimum absolute atomic E-state index is 0.143. The van der Waals surface area contributed by atoms with Crippen LogP contribution in [-0.2, 0) is 30.3 Å². The minimum Gasteiger partial charge on any atom is -0.491 e. The highest BCUT2D eigenvalue weighted by Crippen LogP contribution is 2.31. The second kappa shape index (κ2) is 8.31. The summed E-state index contributed by atoms with van der Waals surface area (Å²) in [7, 11) is -3.63. The van der Waals surface area contributed by atoms with Gasteiger partial charge in [-0.2, -0.15) is 8.42 Å². The van der Waals surface area contributed by atoms with Crippen molar-refractivity contribution in [2.75, 3.05) is 37.5 Å². The van der Waals surface area contributed by atoms with Crippen molar-refractivity contribution < 1.29 is 36.4 Å². The Balaban J connectivity index is 1.74. The van der Waals surface area contributed by atoms with Gasteiger partial charge in [-0.05, 0) is 39.0 Å². The Hall–Kier alpha value is -2.53. The van der Waals surface area contributed by atoms with E-state index in [2.05, 4.69) is 0 Å². The largest absolute Gasteiger partial charge is 0.491 e. The molecule has 2 aliphatic rings. The molecule has 0 radical (unpaired) electrons. The Labute approximate surface area is 175 Å². The number of benzene rings is 1. The summed E-state index contributed by atoms with van der Waals surface area (Å²) in [6, 6.07) is 5.19. The molecule has 0 saturated carbocycles. The van der Waals surface area contributed by atoms with Gasteiger partial charge in [-0.15, -0.1) is 0 Å². The number of amides is 2. The number of ether oxygens (including phenoxy) is 3. The maximum atomic E-state index is 12.5. The first-order valence-corrected chi connectivity index (χ1v) is 11.3. The van der Waals surface area contributed by atoms with Crippen LogP contribution in [0.2, 0.25) is 0 Å². The molecular weight excluding hydrogens is 416 g/mol. The summed E-state index contributed by atoms with van der Waals surface area (Å²) in [5.41, 5.74) is 0.659. The summed E-state index contributed by atoms with van der Waals surface area (Å²) in [5, 5.41) is 0. The highest BCUT2D eigenvalue weighted by Gasteiger charge is 2.34. The Kier molecular flexibility index (Phi) is 6.14. The lowest BCUT2D eigenvalue weighted by Gasteiger charge is -2.26. The molecule has 1 aromatic carbocycles. The summed E-state index contributed by atoms with van der Waals surface area (Å²) in [6.07, 6.45) is -0.816. The second-order valence-electron chi connectivity index (χ2n) is 8.15. The van der Waals surface area contributed by atoms with Crippen LogP contribution in [0.1, 0.15) is 26.3 Å². The molecule has 1 aromatic rings. The summed E-state index contributed by atoms with van der Waals surface area (Å²) in [4.78, 5) is 27.7. The lowest BCUT2D eigenvalue weighted by molar-refractivity contribution is 0.0225. The molecule has 0 bridgehead atoms. The fraction of sp³-hybridized carbons (Fsp3) is 0.579. The number of hydrogen-bond acceptors (Lipinski definition) is 8. The number of nitrogens with zero attached hydrogens (tertiary/aromatic N) is 2. The van der Waals surface area contributed by atoms with Crippen LogP contribution in [0.15, 0.2) is 18.2 Å². The van der Waals surface area contributed by atoms with E-state index in [-0.39, 0.29) is 19.7 Å². The monoisotopic (exact) mass is 442 g/mol.